The number of hydrogen-bond acceptors (Lipinski definition) is 4. The van der Waals surface area contributed by atoms with Gasteiger partial charge in [-0.25, -0.2) is 9.78 Å². The molecule has 0 aliphatic heterocycles. The van der Waals surface area contributed by atoms with Crippen molar-refractivity contribution in [1.82, 2.24) is 4.98 Å². The van der Waals surface area contributed by atoms with E-state index < -0.39 is 6.09 Å². The smallest absolute Gasteiger partial charge is 0.409 e. The number of nitrogens with two attached hydrogens (primary N) is 1. The van der Waals surface area contributed by atoms with Crippen LogP contribution >= 0.6 is 0 Å². The highest BCUT2D eigenvalue weighted by atomic mass is 16.5. The molecular formula is C16H17N2O3. The average Bonchev–Trinajstić information content (AvgIpc) is 2.49. The van der Waals surface area contributed by atoms with Gasteiger partial charge in [0.15, 0.2) is 0 Å². The lowest BCUT2D eigenvalue weighted by Gasteiger charge is -2.07. The maximum Gasteiger partial charge on any atom is 0.409 e. The van der Waals surface area contributed by atoms with Gasteiger partial charge in [0, 0.05) is 11.8 Å². The number of carbonyl (C=O) groups excluding carboxylic acids is 1. The fourth-order valence-corrected chi connectivity index (χ4v) is 1.96. The van der Waals surface area contributed by atoms with Crippen molar-refractivity contribution in [2.24, 2.45) is 5.73 Å². The lowest BCUT2D eigenvalue weighted by molar-refractivity contribution is 0.211. The standard InChI is InChI=1S/C16H17N2O3/c1-20-15-13(6-3-11-18-15)5-2-4-12-7-9-14(10-8-12)21-16(17)19/h3,5-11H,2,4H2,1H3,(H2,17,19). The van der Waals surface area contributed by atoms with Crippen LogP contribution in [0.4, 0.5) is 4.79 Å². The van der Waals surface area contributed by atoms with Gasteiger partial charge >= 0.3 is 6.09 Å². The summed E-state index contributed by atoms with van der Waals surface area (Å²) in [5, 5.41) is 0. The molecule has 0 aliphatic carbocycles. The zero-order valence-corrected chi connectivity index (χ0v) is 11.8. The van der Waals surface area contributed by atoms with Gasteiger partial charge in [-0.05, 0) is 43.0 Å². The maximum absolute atomic E-state index is 10.6. The molecule has 1 amide bonds. The third kappa shape index (κ3) is 4.49. The van der Waals surface area contributed by atoms with Crippen LogP contribution in [0.25, 0.3) is 0 Å². The van der Waals surface area contributed by atoms with Crippen LogP contribution in [0.3, 0.4) is 0 Å². The van der Waals surface area contributed by atoms with Crippen molar-refractivity contribution >= 4 is 6.09 Å². The van der Waals surface area contributed by atoms with Gasteiger partial charge in [0.2, 0.25) is 5.88 Å². The summed E-state index contributed by atoms with van der Waals surface area (Å²) in [5.41, 5.74) is 7.08. The van der Waals surface area contributed by atoms with Gasteiger partial charge in [-0.2, -0.15) is 0 Å². The maximum atomic E-state index is 10.6. The van der Waals surface area contributed by atoms with Crippen LogP contribution in [-0.2, 0) is 6.42 Å². The van der Waals surface area contributed by atoms with E-state index in [1.54, 1.807) is 25.4 Å². The fourth-order valence-electron chi connectivity index (χ4n) is 1.96. The van der Waals surface area contributed by atoms with Crippen LogP contribution in [-0.4, -0.2) is 18.2 Å². The molecule has 1 aromatic heterocycles. The molecule has 1 heterocycles. The van der Waals surface area contributed by atoms with Crippen LogP contribution in [0.2, 0.25) is 0 Å². The normalized spacial score (nSPS) is 10.1. The van der Waals surface area contributed by atoms with Gasteiger partial charge < -0.3 is 15.2 Å². The highest BCUT2D eigenvalue weighted by Gasteiger charge is 2.04. The Hall–Kier alpha value is -2.56. The number of methoxy groups -OCH3 is 1. The monoisotopic (exact) mass is 285 g/mol. The summed E-state index contributed by atoms with van der Waals surface area (Å²) in [6.07, 6.45) is 4.71. The Balaban J connectivity index is 1.87. The number of benzene rings is 1. The fraction of sp³-hybridized carbons (Fsp3) is 0.188. The van der Waals surface area contributed by atoms with Gasteiger partial charge in [-0.1, -0.05) is 18.2 Å². The van der Waals surface area contributed by atoms with E-state index in [4.69, 9.17) is 15.2 Å². The van der Waals surface area contributed by atoms with E-state index in [9.17, 15) is 4.79 Å². The molecule has 5 nitrogen and oxygen atoms in total. The molecule has 0 unspecified atom stereocenters. The molecule has 0 saturated carbocycles. The van der Waals surface area contributed by atoms with Crippen LogP contribution in [0.15, 0.2) is 42.6 Å². The molecule has 0 aliphatic rings. The number of carbonyl (C=O) groups is 1. The summed E-state index contributed by atoms with van der Waals surface area (Å²) in [6.45, 7) is 0. The molecule has 0 bridgehead atoms. The van der Waals surface area contributed by atoms with E-state index in [1.165, 1.54) is 0 Å². The number of pyridine rings is 1. The Labute approximate surface area is 123 Å². The summed E-state index contributed by atoms with van der Waals surface area (Å²) >= 11 is 0. The highest BCUT2D eigenvalue weighted by Crippen LogP contribution is 2.19. The van der Waals surface area contributed by atoms with Gasteiger partial charge in [0.1, 0.15) is 5.75 Å². The molecule has 0 spiro atoms. The molecule has 21 heavy (non-hydrogen) atoms. The Morgan fingerprint density at radius 1 is 1.29 bits per heavy atom. The Morgan fingerprint density at radius 2 is 2.05 bits per heavy atom. The van der Waals surface area contributed by atoms with Crippen molar-refractivity contribution in [3.8, 4) is 11.6 Å². The van der Waals surface area contributed by atoms with Gasteiger partial charge in [-0.15, -0.1) is 0 Å². The quantitative estimate of drug-likeness (QED) is 0.885. The van der Waals surface area contributed by atoms with E-state index in [0.717, 1.165) is 24.0 Å². The number of primary amides is 1. The number of hydrogen-bond donors (Lipinski definition) is 1. The molecule has 1 radical (unpaired) electrons. The first kappa shape index (κ1) is 14.8. The average molecular weight is 285 g/mol. The second-order valence-electron chi connectivity index (χ2n) is 4.41. The number of amides is 1. The molecule has 109 valence electrons. The third-order valence-corrected chi connectivity index (χ3v) is 2.93. The van der Waals surface area contributed by atoms with Crippen LogP contribution < -0.4 is 15.2 Å². The molecule has 0 atom stereocenters. The topological polar surface area (TPSA) is 74.4 Å². The highest BCUT2D eigenvalue weighted by molar-refractivity contribution is 5.68. The second-order valence-corrected chi connectivity index (χ2v) is 4.41. The van der Waals surface area contributed by atoms with E-state index in [1.807, 2.05) is 24.3 Å². The second kappa shape index (κ2) is 7.28. The van der Waals surface area contributed by atoms with E-state index in [0.29, 0.717) is 11.6 Å². The van der Waals surface area contributed by atoms with Crippen LogP contribution in [0.1, 0.15) is 17.5 Å². The van der Waals surface area contributed by atoms with Crippen molar-refractivity contribution in [1.29, 1.82) is 0 Å². The van der Waals surface area contributed by atoms with Gasteiger partial charge in [0.05, 0.1) is 7.11 Å². The van der Waals surface area contributed by atoms with E-state index >= 15 is 0 Å². The molecule has 1 aromatic carbocycles. The lowest BCUT2D eigenvalue weighted by atomic mass is 10.0. The Morgan fingerprint density at radius 3 is 2.71 bits per heavy atom. The number of ether oxygens (including phenoxy) is 2. The molecule has 2 N–H and O–H groups in total. The first-order chi connectivity index (χ1) is 10.2. The summed E-state index contributed by atoms with van der Waals surface area (Å²) in [4.78, 5) is 14.8. The van der Waals surface area contributed by atoms with E-state index in [2.05, 4.69) is 11.4 Å². The van der Waals surface area contributed by atoms with Gasteiger partial charge in [0.25, 0.3) is 0 Å². The number of aromatic nitrogens is 1. The minimum atomic E-state index is -0.806. The minimum absolute atomic E-state index is 0.448. The van der Waals surface area contributed by atoms with Crippen molar-refractivity contribution in [3.05, 3.63) is 60.1 Å². The van der Waals surface area contributed by atoms with Gasteiger partial charge in [-0.3, -0.25) is 0 Å². The largest absolute Gasteiger partial charge is 0.481 e. The molecule has 2 rings (SSSR count). The zero-order valence-electron chi connectivity index (χ0n) is 11.8. The molecular weight excluding hydrogens is 268 g/mol. The van der Waals surface area contributed by atoms with E-state index in [-0.39, 0.29) is 0 Å². The molecule has 0 saturated heterocycles. The number of rotatable bonds is 6. The van der Waals surface area contributed by atoms with Crippen molar-refractivity contribution in [2.75, 3.05) is 7.11 Å². The summed E-state index contributed by atoms with van der Waals surface area (Å²) < 4.78 is 9.98. The van der Waals surface area contributed by atoms with Crippen LogP contribution in [0, 0.1) is 6.42 Å². The predicted molar refractivity (Wildman–Crippen MR) is 79.2 cm³/mol. The number of aryl methyl sites for hydroxylation is 1. The zero-order chi connectivity index (χ0) is 15.1. The first-order valence-electron chi connectivity index (χ1n) is 6.57. The lowest BCUT2D eigenvalue weighted by Crippen LogP contribution is -2.16. The Kier molecular flexibility index (Phi) is 5.15. The summed E-state index contributed by atoms with van der Waals surface area (Å²) in [6, 6.07) is 11.1. The van der Waals surface area contributed by atoms with Crippen molar-refractivity contribution in [2.45, 2.75) is 12.8 Å². The summed E-state index contributed by atoms with van der Waals surface area (Å²) in [5.74, 6) is 1.08. The predicted octanol–water partition coefficient (Wildman–Crippen LogP) is 2.73. The summed E-state index contributed by atoms with van der Waals surface area (Å²) in [7, 11) is 1.61. The van der Waals surface area contributed by atoms with Crippen molar-refractivity contribution in [3.63, 3.8) is 0 Å². The van der Waals surface area contributed by atoms with Crippen LogP contribution in [0.5, 0.6) is 11.6 Å². The third-order valence-electron chi connectivity index (χ3n) is 2.93. The molecule has 2 aromatic rings. The first-order valence-corrected chi connectivity index (χ1v) is 6.57. The Bertz CT molecular complexity index is 597. The van der Waals surface area contributed by atoms with Crippen molar-refractivity contribution < 1.29 is 14.3 Å². The number of nitrogens with zero attached hydrogens (tertiary/aromatic N) is 1. The molecule has 0 fully saturated rings. The minimum Gasteiger partial charge on any atom is -0.481 e. The SMILES string of the molecule is COc1ncccc1[CH]CCc1ccc(OC(N)=O)cc1. The molecule has 5 heteroatoms.